The molecule has 1 N–H and O–H groups in total. The van der Waals surface area contributed by atoms with E-state index >= 15 is 0 Å². The summed E-state index contributed by atoms with van der Waals surface area (Å²) in [5, 5.41) is 3.70. The fraction of sp³-hybridized carbons (Fsp3) is 0.875. The van der Waals surface area contributed by atoms with Gasteiger partial charge < -0.3 is 10.1 Å². The minimum atomic E-state index is -0.338. The van der Waals surface area contributed by atoms with E-state index < -0.39 is 0 Å². The maximum atomic E-state index is 10.6. The molecule has 0 radical (unpaired) electrons. The number of alkyl carbamates (subject to hydrolysis) is 1. The van der Waals surface area contributed by atoms with E-state index in [4.69, 9.17) is 0 Å². The molecular formula is C8H16BrNO2. The van der Waals surface area contributed by atoms with E-state index in [-0.39, 0.29) is 6.09 Å². The molecule has 3 nitrogen and oxygen atoms in total. The summed E-state index contributed by atoms with van der Waals surface area (Å²) in [4.78, 5) is 10.6. The second-order valence-corrected chi connectivity index (χ2v) is 3.31. The average Bonchev–Trinajstić information content (AvgIpc) is 2.10. The van der Waals surface area contributed by atoms with E-state index in [2.05, 4.69) is 26.0 Å². The molecule has 0 unspecified atom stereocenters. The van der Waals surface area contributed by atoms with Crippen LogP contribution < -0.4 is 5.32 Å². The lowest BCUT2D eigenvalue weighted by Gasteiger charge is -2.02. The molecule has 0 aliphatic heterocycles. The van der Waals surface area contributed by atoms with Gasteiger partial charge in [-0.05, 0) is 12.8 Å². The molecule has 0 atom stereocenters. The topological polar surface area (TPSA) is 38.3 Å². The minimum absolute atomic E-state index is 0.338. The molecule has 1 amide bonds. The molecule has 0 spiro atoms. The van der Waals surface area contributed by atoms with Crippen molar-refractivity contribution in [3.63, 3.8) is 0 Å². The van der Waals surface area contributed by atoms with Crippen molar-refractivity contribution in [3.05, 3.63) is 0 Å². The van der Waals surface area contributed by atoms with Crippen LogP contribution in [-0.4, -0.2) is 25.1 Å². The Morgan fingerprint density at radius 3 is 2.58 bits per heavy atom. The number of alkyl halides is 1. The van der Waals surface area contributed by atoms with E-state index in [1.165, 1.54) is 20.0 Å². The maximum absolute atomic E-state index is 10.6. The number of nitrogens with one attached hydrogen (secondary N) is 1. The normalized spacial score (nSPS) is 9.50. The first kappa shape index (κ1) is 11.8. The molecule has 0 saturated heterocycles. The zero-order chi connectivity index (χ0) is 9.23. The molecule has 72 valence electrons. The van der Waals surface area contributed by atoms with Gasteiger partial charge in [-0.3, -0.25) is 0 Å². The molecule has 0 bridgehead atoms. The Labute approximate surface area is 82.0 Å². The summed E-state index contributed by atoms with van der Waals surface area (Å²) in [6, 6.07) is 0. The zero-order valence-electron chi connectivity index (χ0n) is 7.44. The smallest absolute Gasteiger partial charge is 0.406 e. The molecule has 0 aliphatic rings. The molecule has 0 aromatic rings. The van der Waals surface area contributed by atoms with Gasteiger partial charge in [0.05, 0.1) is 7.11 Å². The molecule has 0 rings (SSSR count). The van der Waals surface area contributed by atoms with Crippen LogP contribution >= 0.6 is 15.9 Å². The third-order valence-corrected chi connectivity index (χ3v) is 2.08. The predicted octanol–water partition coefficient (Wildman–Crippen LogP) is 2.30. The molecule has 0 aromatic heterocycles. The summed E-state index contributed by atoms with van der Waals surface area (Å²) in [5.41, 5.74) is 0. The second-order valence-electron chi connectivity index (χ2n) is 2.52. The van der Waals surface area contributed by atoms with Crippen LogP contribution in [0, 0.1) is 0 Å². The summed E-state index contributed by atoms with van der Waals surface area (Å²) in [7, 11) is 1.38. The molecule has 4 heteroatoms. The first-order valence-electron chi connectivity index (χ1n) is 4.19. The highest BCUT2D eigenvalue weighted by Crippen LogP contribution is 2.00. The van der Waals surface area contributed by atoms with Crippen LogP contribution in [0.2, 0.25) is 0 Å². The van der Waals surface area contributed by atoms with Gasteiger partial charge in [-0.15, -0.1) is 0 Å². The van der Waals surface area contributed by atoms with Crippen LogP contribution in [-0.2, 0) is 4.74 Å². The standard InChI is InChI=1S/C8H16BrNO2/c1-12-8(11)10-7-5-3-2-4-6-9/h2-7H2,1H3,(H,10,11). The van der Waals surface area contributed by atoms with Crippen LogP contribution in [0.5, 0.6) is 0 Å². The van der Waals surface area contributed by atoms with Crippen molar-refractivity contribution in [2.45, 2.75) is 25.7 Å². The summed E-state index contributed by atoms with van der Waals surface area (Å²) in [6.45, 7) is 0.717. The Kier molecular flexibility index (Phi) is 8.66. The van der Waals surface area contributed by atoms with Crippen LogP contribution in [0.4, 0.5) is 4.79 Å². The third-order valence-electron chi connectivity index (χ3n) is 1.52. The van der Waals surface area contributed by atoms with Gasteiger partial charge in [-0.2, -0.15) is 0 Å². The first-order chi connectivity index (χ1) is 5.81. The van der Waals surface area contributed by atoms with Crippen molar-refractivity contribution in [2.24, 2.45) is 0 Å². The number of carbonyl (C=O) groups is 1. The highest BCUT2D eigenvalue weighted by molar-refractivity contribution is 9.09. The summed E-state index contributed by atoms with van der Waals surface area (Å²) in [5.74, 6) is 0. The fourth-order valence-electron chi connectivity index (χ4n) is 0.836. The van der Waals surface area contributed by atoms with E-state index in [0.717, 1.165) is 24.7 Å². The Bertz CT molecular complexity index is 120. The number of carbonyl (C=O) groups excluding carboxylic acids is 1. The lowest BCUT2D eigenvalue weighted by Crippen LogP contribution is -2.23. The first-order valence-corrected chi connectivity index (χ1v) is 5.31. The van der Waals surface area contributed by atoms with Crippen molar-refractivity contribution in [1.82, 2.24) is 5.32 Å². The van der Waals surface area contributed by atoms with Gasteiger partial charge in [-0.25, -0.2) is 4.79 Å². The number of halogens is 1. The highest BCUT2D eigenvalue weighted by Gasteiger charge is 1.95. The van der Waals surface area contributed by atoms with Crippen LogP contribution in [0.25, 0.3) is 0 Å². The van der Waals surface area contributed by atoms with Crippen LogP contribution in [0.15, 0.2) is 0 Å². The number of hydrogen-bond donors (Lipinski definition) is 1. The number of methoxy groups -OCH3 is 1. The number of unbranched alkanes of at least 4 members (excludes halogenated alkanes) is 3. The van der Waals surface area contributed by atoms with Gasteiger partial charge in [0, 0.05) is 11.9 Å². The summed E-state index contributed by atoms with van der Waals surface area (Å²) >= 11 is 3.36. The van der Waals surface area contributed by atoms with E-state index in [0.29, 0.717) is 0 Å². The van der Waals surface area contributed by atoms with Gasteiger partial charge in [0.15, 0.2) is 0 Å². The van der Waals surface area contributed by atoms with Crippen molar-refractivity contribution in [3.8, 4) is 0 Å². The van der Waals surface area contributed by atoms with Crippen molar-refractivity contribution < 1.29 is 9.53 Å². The largest absolute Gasteiger partial charge is 0.453 e. The van der Waals surface area contributed by atoms with Crippen LogP contribution in [0.3, 0.4) is 0 Å². The maximum Gasteiger partial charge on any atom is 0.406 e. The lowest BCUT2D eigenvalue weighted by atomic mass is 10.2. The predicted molar refractivity (Wildman–Crippen MR) is 52.7 cm³/mol. The Balaban J connectivity index is 2.95. The lowest BCUT2D eigenvalue weighted by molar-refractivity contribution is 0.171. The molecular weight excluding hydrogens is 222 g/mol. The van der Waals surface area contributed by atoms with Gasteiger partial charge in [0.25, 0.3) is 0 Å². The van der Waals surface area contributed by atoms with Crippen molar-refractivity contribution in [1.29, 1.82) is 0 Å². The molecule has 0 saturated carbocycles. The van der Waals surface area contributed by atoms with Gasteiger partial charge >= 0.3 is 6.09 Å². The molecule has 0 aliphatic carbocycles. The zero-order valence-corrected chi connectivity index (χ0v) is 9.02. The van der Waals surface area contributed by atoms with Crippen molar-refractivity contribution >= 4 is 22.0 Å². The van der Waals surface area contributed by atoms with E-state index in [9.17, 15) is 4.79 Å². The Hall–Kier alpha value is -0.250. The molecule has 12 heavy (non-hydrogen) atoms. The summed E-state index contributed by atoms with van der Waals surface area (Å²) in [6.07, 6.45) is 4.28. The Morgan fingerprint density at radius 2 is 2.00 bits per heavy atom. The number of ether oxygens (including phenoxy) is 1. The highest BCUT2D eigenvalue weighted by atomic mass is 79.9. The van der Waals surface area contributed by atoms with Gasteiger partial charge in [-0.1, -0.05) is 28.8 Å². The monoisotopic (exact) mass is 237 g/mol. The molecule has 0 heterocycles. The average molecular weight is 238 g/mol. The molecule has 0 aromatic carbocycles. The quantitative estimate of drug-likeness (QED) is 0.569. The second kappa shape index (κ2) is 8.84. The third kappa shape index (κ3) is 7.85. The van der Waals surface area contributed by atoms with Gasteiger partial charge in [0.2, 0.25) is 0 Å². The number of hydrogen-bond acceptors (Lipinski definition) is 2. The Morgan fingerprint density at radius 1 is 1.33 bits per heavy atom. The summed E-state index contributed by atoms with van der Waals surface area (Å²) < 4.78 is 4.42. The van der Waals surface area contributed by atoms with Gasteiger partial charge in [0.1, 0.15) is 0 Å². The van der Waals surface area contributed by atoms with Crippen molar-refractivity contribution in [2.75, 3.05) is 19.0 Å². The minimum Gasteiger partial charge on any atom is -0.453 e. The van der Waals surface area contributed by atoms with E-state index in [1.807, 2.05) is 0 Å². The van der Waals surface area contributed by atoms with E-state index in [1.54, 1.807) is 0 Å². The SMILES string of the molecule is COC(=O)NCCCCCCBr. The fourth-order valence-corrected chi connectivity index (χ4v) is 1.23. The number of amides is 1. The number of rotatable bonds is 6. The molecule has 0 fully saturated rings. The van der Waals surface area contributed by atoms with Crippen LogP contribution in [0.1, 0.15) is 25.7 Å².